The summed E-state index contributed by atoms with van der Waals surface area (Å²) in [5, 5.41) is 5.73. The lowest BCUT2D eigenvalue weighted by Gasteiger charge is -2.23. The van der Waals surface area contributed by atoms with Crippen LogP contribution in [-0.2, 0) is 38.4 Å². The highest BCUT2D eigenvalue weighted by Gasteiger charge is 2.29. The van der Waals surface area contributed by atoms with Crippen molar-refractivity contribution in [2.75, 3.05) is 11.9 Å². The summed E-state index contributed by atoms with van der Waals surface area (Å²) in [6.45, 7) is -0.447. The molecule has 0 bridgehead atoms. The topological polar surface area (TPSA) is 84.5 Å². The summed E-state index contributed by atoms with van der Waals surface area (Å²) >= 11 is 0. The van der Waals surface area contributed by atoms with Crippen LogP contribution in [0.2, 0.25) is 0 Å². The van der Waals surface area contributed by atoms with Gasteiger partial charge in [-0.05, 0) is 59.2 Å². The number of carbonyl (C=O) groups is 3. The molecular weight excluding hydrogens is 500 g/mol. The Morgan fingerprint density at radius 3 is 1.98 bits per heavy atom. The van der Waals surface area contributed by atoms with E-state index in [0.717, 1.165) is 36.0 Å². The molecule has 202 valence electrons. The number of hydrogen-bond acceptors (Lipinski definition) is 4. The maximum absolute atomic E-state index is 13.7. The Balaban J connectivity index is 1.29. The lowest BCUT2D eigenvalue weighted by atomic mass is 9.90. The van der Waals surface area contributed by atoms with Crippen molar-refractivity contribution < 1.29 is 19.1 Å². The number of anilines is 1. The van der Waals surface area contributed by atoms with Crippen LogP contribution in [0.4, 0.5) is 5.69 Å². The molecule has 2 N–H and O–H groups in total. The van der Waals surface area contributed by atoms with Gasteiger partial charge in [-0.3, -0.25) is 9.59 Å². The number of nitrogens with one attached hydrogen (secondary N) is 2. The van der Waals surface area contributed by atoms with Crippen LogP contribution in [-0.4, -0.2) is 30.4 Å². The van der Waals surface area contributed by atoms with Gasteiger partial charge in [0.2, 0.25) is 5.91 Å². The molecule has 0 aromatic heterocycles. The highest BCUT2D eigenvalue weighted by atomic mass is 16.5. The van der Waals surface area contributed by atoms with E-state index in [2.05, 4.69) is 10.6 Å². The SMILES string of the molecule is O=C(COC(=O)C(Cc1ccccc1)NC(=O)C(c1ccccc1)c1ccccc1)Nc1ccc2c(c1)CCC2. The van der Waals surface area contributed by atoms with Crippen LogP contribution in [0.25, 0.3) is 0 Å². The van der Waals surface area contributed by atoms with E-state index in [4.69, 9.17) is 4.74 Å². The summed E-state index contributed by atoms with van der Waals surface area (Å²) in [5.41, 5.74) is 5.73. The third kappa shape index (κ3) is 6.83. The van der Waals surface area contributed by atoms with Crippen LogP contribution in [0.3, 0.4) is 0 Å². The smallest absolute Gasteiger partial charge is 0.329 e. The third-order valence-electron chi connectivity index (χ3n) is 7.14. The standard InChI is InChI=1S/C34H32N2O4/c37-31(35-29-20-19-25-17-10-18-28(25)22-29)23-40-34(39)30(21-24-11-4-1-5-12-24)36-33(38)32(26-13-6-2-7-14-26)27-15-8-3-9-16-27/h1-9,11-16,19-20,22,30,32H,10,17-18,21,23H2,(H,35,37)(H,36,38). The molecule has 5 rings (SSSR count). The number of aryl methyl sites for hydroxylation is 2. The van der Waals surface area contributed by atoms with Crippen molar-refractivity contribution in [3.05, 3.63) is 137 Å². The number of ether oxygens (including phenoxy) is 1. The van der Waals surface area contributed by atoms with Crippen molar-refractivity contribution >= 4 is 23.5 Å². The summed E-state index contributed by atoms with van der Waals surface area (Å²) in [4.78, 5) is 39.6. The van der Waals surface area contributed by atoms with E-state index in [0.29, 0.717) is 5.69 Å². The van der Waals surface area contributed by atoms with E-state index in [-0.39, 0.29) is 12.3 Å². The second-order valence-electron chi connectivity index (χ2n) is 10.00. The zero-order chi connectivity index (χ0) is 27.7. The number of esters is 1. The van der Waals surface area contributed by atoms with Gasteiger partial charge in [0.1, 0.15) is 6.04 Å². The average molecular weight is 533 g/mol. The second-order valence-corrected chi connectivity index (χ2v) is 10.00. The number of rotatable bonds is 10. The van der Waals surface area contributed by atoms with Crippen molar-refractivity contribution in [2.45, 2.75) is 37.6 Å². The van der Waals surface area contributed by atoms with Crippen LogP contribution in [0, 0.1) is 0 Å². The van der Waals surface area contributed by atoms with Gasteiger partial charge in [-0.2, -0.15) is 0 Å². The summed E-state index contributed by atoms with van der Waals surface area (Å²) in [6, 6.07) is 33.2. The Labute approximate surface area is 234 Å². The summed E-state index contributed by atoms with van der Waals surface area (Å²) in [6.07, 6.45) is 3.41. The first-order valence-electron chi connectivity index (χ1n) is 13.6. The van der Waals surface area contributed by atoms with E-state index < -0.39 is 30.4 Å². The molecule has 0 heterocycles. The van der Waals surface area contributed by atoms with Crippen molar-refractivity contribution in [3.8, 4) is 0 Å². The fourth-order valence-corrected chi connectivity index (χ4v) is 5.17. The van der Waals surface area contributed by atoms with Gasteiger partial charge < -0.3 is 15.4 Å². The zero-order valence-electron chi connectivity index (χ0n) is 22.2. The minimum absolute atomic E-state index is 0.230. The van der Waals surface area contributed by atoms with Gasteiger partial charge in [-0.25, -0.2) is 4.79 Å². The molecule has 1 atom stereocenters. The first-order chi connectivity index (χ1) is 19.6. The molecule has 0 aliphatic heterocycles. The first-order valence-corrected chi connectivity index (χ1v) is 13.6. The van der Waals surface area contributed by atoms with E-state index >= 15 is 0 Å². The minimum Gasteiger partial charge on any atom is -0.454 e. The number of fused-ring (bicyclic) bond motifs is 1. The molecule has 0 radical (unpaired) electrons. The predicted molar refractivity (Wildman–Crippen MR) is 155 cm³/mol. The summed E-state index contributed by atoms with van der Waals surface area (Å²) in [5.74, 6) is -2.03. The van der Waals surface area contributed by atoms with Crippen LogP contribution in [0.15, 0.2) is 109 Å². The predicted octanol–water partition coefficient (Wildman–Crippen LogP) is 5.22. The molecule has 0 saturated carbocycles. The fraction of sp³-hybridized carbons (Fsp3) is 0.206. The van der Waals surface area contributed by atoms with Crippen LogP contribution < -0.4 is 10.6 Å². The van der Waals surface area contributed by atoms with Crippen LogP contribution in [0.5, 0.6) is 0 Å². The molecule has 0 saturated heterocycles. The van der Waals surface area contributed by atoms with Gasteiger partial charge in [0.25, 0.3) is 5.91 Å². The quantitative estimate of drug-likeness (QED) is 0.275. The third-order valence-corrected chi connectivity index (χ3v) is 7.14. The average Bonchev–Trinajstić information content (AvgIpc) is 3.45. The van der Waals surface area contributed by atoms with Crippen LogP contribution >= 0.6 is 0 Å². The number of benzene rings is 4. The molecule has 4 aromatic rings. The Bertz CT molecular complexity index is 1420. The number of hydrogen-bond donors (Lipinski definition) is 2. The molecule has 1 unspecified atom stereocenters. The monoisotopic (exact) mass is 532 g/mol. The molecular formula is C34H32N2O4. The number of amides is 2. The van der Waals surface area contributed by atoms with Crippen LogP contribution in [0.1, 0.15) is 40.2 Å². The minimum atomic E-state index is -0.974. The molecule has 4 aromatic carbocycles. The Morgan fingerprint density at radius 2 is 1.32 bits per heavy atom. The largest absolute Gasteiger partial charge is 0.454 e. The van der Waals surface area contributed by atoms with Crippen molar-refractivity contribution in [1.82, 2.24) is 5.32 Å². The summed E-state index contributed by atoms with van der Waals surface area (Å²) in [7, 11) is 0. The fourth-order valence-electron chi connectivity index (χ4n) is 5.17. The van der Waals surface area contributed by atoms with E-state index in [1.807, 2.05) is 109 Å². The molecule has 2 amide bonds. The van der Waals surface area contributed by atoms with Gasteiger partial charge in [-0.15, -0.1) is 0 Å². The van der Waals surface area contributed by atoms with E-state index in [1.165, 1.54) is 11.1 Å². The summed E-state index contributed by atoms with van der Waals surface area (Å²) < 4.78 is 5.43. The van der Waals surface area contributed by atoms with Gasteiger partial charge in [0, 0.05) is 12.1 Å². The van der Waals surface area contributed by atoms with Gasteiger partial charge in [0.05, 0.1) is 5.92 Å². The maximum Gasteiger partial charge on any atom is 0.329 e. The van der Waals surface area contributed by atoms with E-state index in [9.17, 15) is 14.4 Å². The highest BCUT2D eigenvalue weighted by Crippen LogP contribution is 2.26. The molecule has 6 nitrogen and oxygen atoms in total. The second kappa shape index (κ2) is 12.9. The van der Waals surface area contributed by atoms with Gasteiger partial charge in [0.15, 0.2) is 6.61 Å². The molecule has 0 fully saturated rings. The molecule has 1 aliphatic rings. The highest BCUT2D eigenvalue weighted by molar-refractivity contribution is 5.94. The Hall–Kier alpha value is -4.71. The lowest BCUT2D eigenvalue weighted by Crippen LogP contribution is -2.46. The number of carbonyl (C=O) groups excluding carboxylic acids is 3. The van der Waals surface area contributed by atoms with Gasteiger partial charge >= 0.3 is 5.97 Å². The molecule has 0 spiro atoms. The van der Waals surface area contributed by atoms with Crippen molar-refractivity contribution in [1.29, 1.82) is 0 Å². The maximum atomic E-state index is 13.7. The van der Waals surface area contributed by atoms with Gasteiger partial charge in [-0.1, -0.05) is 97.1 Å². The van der Waals surface area contributed by atoms with Crippen molar-refractivity contribution in [2.24, 2.45) is 0 Å². The molecule has 1 aliphatic carbocycles. The Kier molecular flexibility index (Phi) is 8.66. The first kappa shape index (κ1) is 26.9. The molecule has 40 heavy (non-hydrogen) atoms. The normalized spacial score (nSPS) is 12.8. The molecule has 6 heteroatoms. The Morgan fingerprint density at radius 1 is 0.725 bits per heavy atom. The van der Waals surface area contributed by atoms with Crippen molar-refractivity contribution in [3.63, 3.8) is 0 Å². The van der Waals surface area contributed by atoms with E-state index in [1.54, 1.807) is 0 Å². The zero-order valence-corrected chi connectivity index (χ0v) is 22.2. The lowest BCUT2D eigenvalue weighted by molar-refractivity contribution is -0.150.